The molecule has 0 saturated carbocycles. The first-order chi connectivity index (χ1) is 9.56. The van der Waals surface area contributed by atoms with Crippen LogP contribution in [0.5, 0.6) is 0 Å². The van der Waals surface area contributed by atoms with E-state index in [1.165, 1.54) is 0 Å². The zero-order valence-corrected chi connectivity index (χ0v) is 12.4. The van der Waals surface area contributed by atoms with Gasteiger partial charge in [0.1, 0.15) is 5.60 Å². The summed E-state index contributed by atoms with van der Waals surface area (Å²) in [5.74, 6) is -2.52. The van der Waals surface area contributed by atoms with Crippen LogP contribution in [0.25, 0.3) is 0 Å². The smallest absolute Gasteiger partial charge is 0.338 e. The summed E-state index contributed by atoms with van der Waals surface area (Å²) in [4.78, 5) is 23.3. The van der Waals surface area contributed by atoms with Crippen LogP contribution >= 0.6 is 0 Å². The van der Waals surface area contributed by atoms with Crippen molar-refractivity contribution in [1.29, 1.82) is 0 Å². The molecule has 2 unspecified atom stereocenters. The lowest BCUT2D eigenvalue weighted by atomic mass is 9.86. The van der Waals surface area contributed by atoms with Crippen LogP contribution < -0.4 is 5.73 Å². The number of hydrogen-bond donors (Lipinski definition) is 3. The van der Waals surface area contributed by atoms with Crippen LogP contribution in [-0.4, -0.2) is 39.4 Å². The Morgan fingerprint density at radius 1 is 1.24 bits per heavy atom. The number of carbonyl (C=O) groups is 2. The van der Waals surface area contributed by atoms with E-state index in [-0.39, 0.29) is 6.42 Å². The van der Waals surface area contributed by atoms with Crippen LogP contribution in [0.1, 0.15) is 26.3 Å². The molecule has 0 amide bonds. The van der Waals surface area contributed by atoms with Crippen molar-refractivity contribution in [3.63, 3.8) is 0 Å². The number of aliphatic hydroxyl groups is 1. The molecule has 4 N–H and O–H groups in total. The van der Waals surface area contributed by atoms with E-state index in [1.54, 1.807) is 51.1 Å². The average molecular weight is 295 g/mol. The number of hydrogen-bond acceptors (Lipinski definition) is 5. The highest BCUT2D eigenvalue weighted by atomic mass is 16.6. The van der Waals surface area contributed by atoms with E-state index in [0.29, 0.717) is 5.56 Å². The van der Waals surface area contributed by atoms with Crippen LogP contribution in [0, 0.1) is 0 Å². The van der Waals surface area contributed by atoms with Gasteiger partial charge in [0.25, 0.3) is 0 Å². The standard InChI is InChI=1S/C15H21NO5/c1-14(2,3)21-12(18)11(17)15(16,13(19)20)9-10-7-5-4-6-8-10/h4-8,11,17H,9,16H2,1-3H3,(H,19,20). The fraction of sp³-hybridized carbons (Fsp3) is 0.467. The van der Waals surface area contributed by atoms with Gasteiger partial charge in [-0.2, -0.15) is 0 Å². The van der Waals surface area contributed by atoms with Crippen molar-refractivity contribution in [3.8, 4) is 0 Å². The molecule has 0 fully saturated rings. The molecule has 0 heterocycles. The Morgan fingerprint density at radius 3 is 2.19 bits per heavy atom. The van der Waals surface area contributed by atoms with E-state index >= 15 is 0 Å². The lowest BCUT2D eigenvalue weighted by Crippen LogP contribution is -2.62. The number of carbonyl (C=O) groups excluding carboxylic acids is 1. The molecule has 0 aliphatic rings. The summed E-state index contributed by atoms with van der Waals surface area (Å²) in [5.41, 5.74) is 3.40. The number of aliphatic carboxylic acids is 1. The maximum Gasteiger partial charge on any atom is 0.338 e. The second-order valence-electron chi connectivity index (χ2n) is 5.94. The highest BCUT2D eigenvalue weighted by Crippen LogP contribution is 2.19. The second-order valence-corrected chi connectivity index (χ2v) is 5.94. The quantitative estimate of drug-likeness (QED) is 0.690. The van der Waals surface area contributed by atoms with Crippen molar-refractivity contribution in [2.45, 2.75) is 44.4 Å². The number of aliphatic hydroxyl groups excluding tert-OH is 1. The lowest BCUT2D eigenvalue weighted by molar-refractivity contribution is -0.174. The summed E-state index contributed by atoms with van der Waals surface area (Å²) >= 11 is 0. The van der Waals surface area contributed by atoms with Crippen LogP contribution in [0.4, 0.5) is 0 Å². The van der Waals surface area contributed by atoms with E-state index in [4.69, 9.17) is 10.5 Å². The first-order valence-corrected chi connectivity index (χ1v) is 6.53. The zero-order chi connectivity index (χ0) is 16.3. The minimum absolute atomic E-state index is 0.191. The Labute approximate surface area is 123 Å². The first kappa shape index (κ1) is 17.1. The Morgan fingerprint density at radius 2 is 1.76 bits per heavy atom. The molecular weight excluding hydrogens is 274 g/mol. The fourth-order valence-electron chi connectivity index (χ4n) is 1.79. The van der Waals surface area contributed by atoms with Crippen molar-refractivity contribution in [1.82, 2.24) is 0 Å². The van der Waals surface area contributed by atoms with Gasteiger partial charge >= 0.3 is 11.9 Å². The number of esters is 1. The predicted octanol–water partition coefficient (Wildman–Crippen LogP) is 0.714. The van der Waals surface area contributed by atoms with Crippen LogP contribution in [0.15, 0.2) is 30.3 Å². The molecule has 6 nitrogen and oxygen atoms in total. The minimum Gasteiger partial charge on any atom is -0.480 e. The molecule has 0 saturated heterocycles. The molecule has 116 valence electrons. The van der Waals surface area contributed by atoms with Gasteiger partial charge in [-0.3, -0.25) is 4.79 Å². The monoisotopic (exact) mass is 295 g/mol. The summed E-state index contributed by atoms with van der Waals surface area (Å²) in [6.45, 7) is 4.86. The molecule has 0 aromatic heterocycles. The van der Waals surface area contributed by atoms with Gasteiger partial charge in [-0.05, 0) is 26.3 Å². The zero-order valence-electron chi connectivity index (χ0n) is 12.4. The van der Waals surface area contributed by atoms with Gasteiger partial charge in [-0.15, -0.1) is 0 Å². The predicted molar refractivity (Wildman–Crippen MR) is 76.6 cm³/mol. The summed E-state index contributed by atoms with van der Waals surface area (Å²) in [6, 6.07) is 8.56. The van der Waals surface area contributed by atoms with E-state index < -0.39 is 29.2 Å². The Bertz CT molecular complexity index is 509. The van der Waals surface area contributed by atoms with E-state index in [0.717, 1.165) is 0 Å². The van der Waals surface area contributed by atoms with E-state index in [9.17, 15) is 19.8 Å². The summed E-state index contributed by atoms with van der Waals surface area (Å²) < 4.78 is 5.00. The van der Waals surface area contributed by atoms with Gasteiger partial charge in [0.2, 0.25) is 0 Å². The molecule has 0 bridgehead atoms. The third kappa shape index (κ3) is 4.54. The van der Waals surface area contributed by atoms with Gasteiger partial charge in [0, 0.05) is 6.42 Å². The second kappa shape index (κ2) is 6.24. The SMILES string of the molecule is CC(C)(C)OC(=O)C(O)C(N)(Cc1ccccc1)C(=O)O. The van der Waals surface area contributed by atoms with Crippen LogP contribution in [-0.2, 0) is 20.7 Å². The highest BCUT2D eigenvalue weighted by molar-refractivity contribution is 5.89. The van der Waals surface area contributed by atoms with Crippen molar-refractivity contribution in [2.24, 2.45) is 5.73 Å². The summed E-state index contributed by atoms with van der Waals surface area (Å²) in [5, 5.41) is 19.4. The van der Waals surface area contributed by atoms with Crippen molar-refractivity contribution < 1.29 is 24.5 Å². The fourth-order valence-corrected chi connectivity index (χ4v) is 1.79. The molecule has 0 radical (unpaired) electrons. The third-order valence-corrected chi connectivity index (χ3v) is 2.86. The summed E-state index contributed by atoms with van der Waals surface area (Å²) in [7, 11) is 0. The maximum atomic E-state index is 11.9. The number of carboxylic acid groups (broad SMARTS) is 1. The third-order valence-electron chi connectivity index (χ3n) is 2.86. The molecule has 2 atom stereocenters. The first-order valence-electron chi connectivity index (χ1n) is 6.53. The molecule has 0 aliphatic heterocycles. The molecule has 21 heavy (non-hydrogen) atoms. The highest BCUT2D eigenvalue weighted by Gasteiger charge is 2.47. The van der Waals surface area contributed by atoms with Gasteiger partial charge < -0.3 is 20.7 Å². The van der Waals surface area contributed by atoms with Crippen LogP contribution in [0.2, 0.25) is 0 Å². The van der Waals surface area contributed by atoms with Gasteiger partial charge in [-0.1, -0.05) is 30.3 Å². The number of nitrogens with two attached hydrogens (primary N) is 1. The van der Waals surface area contributed by atoms with Gasteiger partial charge in [0.15, 0.2) is 11.6 Å². The van der Waals surface area contributed by atoms with Crippen molar-refractivity contribution in [2.75, 3.05) is 0 Å². The number of rotatable bonds is 5. The normalized spacial score (nSPS) is 15.9. The molecule has 0 aliphatic carbocycles. The molecule has 1 aromatic carbocycles. The molecule has 1 aromatic rings. The minimum atomic E-state index is -2.15. The Balaban J connectivity index is 2.99. The summed E-state index contributed by atoms with van der Waals surface area (Å²) in [6.07, 6.45) is -2.15. The molecular formula is C15H21NO5. The molecule has 6 heteroatoms. The van der Waals surface area contributed by atoms with E-state index in [1.807, 2.05) is 0 Å². The largest absolute Gasteiger partial charge is 0.480 e. The van der Waals surface area contributed by atoms with Gasteiger partial charge in [0.05, 0.1) is 0 Å². The number of carboxylic acids is 1. The van der Waals surface area contributed by atoms with Crippen molar-refractivity contribution in [3.05, 3.63) is 35.9 Å². The van der Waals surface area contributed by atoms with Crippen LogP contribution in [0.3, 0.4) is 0 Å². The Kier molecular flexibility index (Phi) is 5.09. The average Bonchev–Trinajstić information content (AvgIpc) is 2.36. The topological polar surface area (TPSA) is 110 Å². The number of ether oxygens (including phenoxy) is 1. The maximum absolute atomic E-state index is 11.9. The number of benzene rings is 1. The molecule has 0 spiro atoms. The van der Waals surface area contributed by atoms with Crippen molar-refractivity contribution >= 4 is 11.9 Å². The molecule has 1 rings (SSSR count). The lowest BCUT2D eigenvalue weighted by Gasteiger charge is -2.31. The van der Waals surface area contributed by atoms with Gasteiger partial charge in [-0.25, -0.2) is 4.79 Å². The van der Waals surface area contributed by atoms with E-state index in [2.05, 4.69) is 0 Å². The Hall–Kier alpha value is -1.92.